The summed E-state index contributed by atoms with van der Waals surface area (Å²) in [6.07, 6.45) is 3.76. The smallest absolute Gasteiger partial charge is 0.251 e. The van der Waals surface area contributed by atoms with E-state index in [-0.39, 0.29) is 11.9 Å². The molecule has 3 rings (SSSR count). The number of nitrogens with one attached hydrogen (secondary N) is 1. The van der Waals surface area contributed by atoms with Crippen molar-refractivity contribution in [3.05, 3.63) is 65.2 Å². The van der Waals surface area contributed by atoms with Gasteiger partial charge in [-0.2, -0.15) is 0 Å². The number of aryl methyl sites for hydroxylation is 1. The van der Waals surface area contributed by atoms with Crippen LogP contribution in [0.1, 0.15) is 53.7 Å². The number of rotatable bonds is 7. The number of carbonyl (C=O) groups is 1. The van der Waals surface area contributed by atoms with E-state index >= 15 is 0 Å². The van der Waals surface area contributed by atoms with Crippen LogP contribution in [0.2, 0.25) is 0 Å². The van der Waals surface area contributed by atoms with E-state index in [2.05, 4.69) is 41.4 Å². The fraction of sp³-hybridized carbons (Fsp3) is 0.435. The van der Waals surface area contributed by atoms with Crippen molar-refractivity contribution in [3.63, 3.8) is 0 Å². The zero-order valence-corrected chi connectivity index (χ0v) is 16.4. The van der Waals surface area contributed by atoms with Crippen molar-refractivity contribution in [2.45, 2.75) is 39.2 Å². The molecule has 1 N–H and O–H groups in total. The van der Waals surface area contributed by atoms with Crippen LogP contribution in [0.15, 0.2) is 48.5 Å². The predicted molar refractivity (Wildman–Crippen MR) is 109 cm³/mol. The highest BCUT2D eigenvalue weighted by atomic mass is 16.5. The first kappa shape index (κ1) is 19.4. The zero-order valence-electron chi connectivity index (χ0n) is 16.4. The summed E-state index contributed by atoms with van der Waals surface area (Å²) in [6.45, 7) is 7.49. The SMILES string of the molecule is CCOc1ccc(C(=O)NCC(c2ccc(C)cc2)N2CCCCC2)cc1. The van der Waals surface area contributed by atoms with E-state index in [1.165, 1.54) is 30.4 Å². The monoisotopic (exact) mass is 366 g/mol. The van der Waals surface area contributed by atoms with Gasteiger partial charge < -0.3 is 10.1 Å². The molecule has 4 nitrogen and oxygen atoms in total. The third kappa shape index (κ3) is 5.33. The molecular formula is C23H30N2O2. The van der Waals surface area contributed by atoms with E-state index in [1.807, 2.05) is 31.2 Å². The number of nitrogens with zero attached hydrogens (tertiary/aromatic N) is 1. The van der Waals surface area contributed by atoms with Gasteiger partial charge in [0.15, 0.2) is 0 Å². The topological polar surface area (TPSA) is 41.6 Å². The number of amides is 1. The Balaban J connectivity index is 1.67. The van der Waals surface area contributed by atoms with Gasteiger partial charge in [-0.25, -0.2) is 0 Å². The van der Waals surface area contributed by atoms with Gasteiger partial charge in [0.05, 0.1) is 12.6 Å². The highest BCUT2D eigenvalue weighted by molar-refractivity contribution is 5.94. The first-order valence-electron chi connectivity index (χ1n) is 9.99. The number of likely N-dealkylation sites (tertiary alicyclic amines) is 1. The summed E-state index contributed by atoms with van der Waals surface area (Å²) < 4.78 is 5.45. The van der Waals surface area contributed by atoms with E-state index in [9.17, 15) is 4.79 Å². The molecule has 1 aliphatic rings. The van der Waals surface area contributed by atoms with E-state index in [0.717, 1.165) is 18.8 Å². The Morgan fingerprint density at radius 3 is 2.33 bits per heavy atom. The van der Waals surface area contributed by atoms with Crippen molar-refractivity contribution in [1.82, 2.24) is 10.2 Å². The van der Waals surface area contributed by atoms with Crippen LogP contribution >= 0.6 is 0 Å². The van der Waals surface area contributed by atoms with Gasteiger partial charge in [0.25, 0.3) is 5.91 Å². The average Bonchev–Trinajstić information content (AvgIpc) is 2.71. The van der Waals surface area contributed by atoms with Crippen molar-refractivity contribution in [1.29, 1.82) is 0 Å². The van der Waals surface area contributed by atoms with Crippen LogP contribution in [-0.2, 0) is 0 Å². The minimum atomic E-state index is -0.0350. The molecule has 0 aromatic heterocycles. The second kappa shape index (κ2) is 9.56. The molecule has 1 atom stereocenters. The van der Waals surface area contributed by atoms with Crippen LogP contribution in [0.5, 0.6) is 5.75 Å². The molecule has 0 bridgehead atoms. The Morgan fingerprint density at radius 1 is 1.04 bits per heavy atom. The first-order chi connectivity index (χ1) is 13.2. The third-order valence-electron chi connectivity index (χ3n) is 5.18. The molecule has 0 radical (unpaired) electrons. The highest BCUT2D eigenvalue weighted by Gasteiger charge is 2.23. The van der Waals surface area contributed by atoms with Gasteiger partial charge in [0.1, 0.15) is 5.75 Å². The largest absolute Gasteiger partial charge is 0.494 e. The Bertz CT molecular complexity index is 719. The lowest BCUT2D eigenvalue weighted by atomic mass is 10.0. The Morgan fingerprint density at radius 2 is 1.70 bits per heavy atom. The first-order valence-corrected chi connectivity index (χ1v) is 9.99. The summed E-state index contributed by atoms with van der Waals surface area (Å²) in [5, 5.41) is 3.14. The van der Waals surface area contributed by atoms with E-state index in [1.54, 1.807) is 0 Å². The van der Waals surface area contributed by atoms with Crippen LogP contribution in [0, 0.1) is 6.92 Å². The van der Waals surface area contributed by atoms with E-state index in [0.29, 0.717) is 18.7 Å². The fourth-order valence-corrected chi connectivity index (χ4v) is 3.64. The van der Waals surface area contributed by atoms with E-state index in [4.69, 9.17) is 4.74 Å². The van der Waals surface area contributed by atoms with Crippen molar-refractivity contribution < 1.29 is 9.53 Å². The van der Waals surface area contributed by atoms with Crippen LogP contribution in [0.3, 0.4) is 0 Å². The maximum Gasteiger partial charge on any atom is 0.251 e. The third-order valence-corrected chi connectivity index (χ3v) is 5.18. The Hall–Kier alpha value is -2.33. The molecule has 4 heteroatoms. The quantitative estimate of drug-likeness (QED) is 0.792. The van der Waals surface area contributed by atoms with Crippen molar-refractivity contribution in [2.24, 2.45) is 0 Å². The number of hydrogen-bond donors (Lipinski definition) is 1. The zero-order chi connectivity index (χ0) is 19.1. The summed E-state index contributed by atoms with van der Waals surface area (Å²) in [5.74, 6) is 0.757. The molecule has 0 spiro atoms. The summed E-state index contributed by atoms with van der Waals surface area (Å²) in [5.41, 5.74) is 3.20. The lowest BCUT2D eigenvalue weighted by Crippen LogP contribution is -2.40. The molecule has 1 amide bonds. The van der Waals surface area contributed by atoms with Crippen LogP contribution in [0.25, 0.3) is 0 Å². The fourth-order valence-electron chi connectivity index (χ4n) is 3.64. The van der Waals surface area contributed by atoms with Crippen LogP contribution in [0.4, 0.5) is 0 Å². The van der Waals surface area contributed by atoms with E-state index < -0.39 is 0 Å². The molecule has 1 fully saturated rings. The number of carbonyl (C=O) groups excluding carboxylic acids is 1. The molecule has 2 aromatic carbocycles. The second-order valence-electron chi connectivity index (χ2n) is 7.19. The summed E-state index contributed by atoms with van der Waals surface area (Å²) >= 11 is 0. The molecular weight excluding hydrogens is 336 g/mol. The molecule has 1 aliphatic heterocycles. The van der Waals surface area contributed by atoms with Crippen molar-refractivity contribution in [2.75, 3.05) is 26.2 Å². The van der Waals surface area contributed by atoms with Gasteiger partial charge in [0, 0.05) is 12.1 Å². The normalized spacial score (nSPS) is 15.9. The predicted octanol–water partition coefficient (Wildman–Crippen LogP) is 4.35. The molecule has 1 heterocycles. The average molecular weight is 367 g/mol. The molecule has 0 aliphatic carbocycles. The van der Waals surface area contributed by atoms with Gasteiger partial charge >= 0.3 is 0 Å². The van der Waals surface area contributed by atoms with Gasteiger partial charge in [-0.15, -0.1) is 0 Å². The number of piperidine rings is 1. The van der Waals surface area contributed by atoms with Crippen molar-refractivity contribution >= 4 is 5.91 Å². The van der Waals surface area contributed by atoms with Crippen molar-refractivity contribution in [3.8, 4) is 5.75 Å². The number of benzene rings is 2. The maximum absolute atomic E-state index is 12.6. The van der Waals surface area contributed by atoms with Gasteiger partial charge in [-0.3, -0.25) is 9.69 Å². The molecule has 1 saturated heterocycles. The summed E-state index contributed by atoms with van der Waals surface area (Å²) in [4.78, 5) is 15.1. The molecule has 27 heavy (non-hydrogen) atoms. The minimum absolute atomic E-state index is 0.0350. The Kier molecular flexibility index (Phi) is 6.88. The summed E-state index contributed by atoms with van der Waals surface area (Å²) in [7, 11) is 0. The van der Waals surface area contributed by atoms with Gasteiger partial charge in [0.2, 0.25) is 0 Å². The van der Waals surface area contributed by atoms with Gasteiger partial charge in [-0.05, 0) is 69.6 Å². The maximum atomic E-state index is 12.6. The highest BCUT2D eigenvalue weighted by Crippen LogP contribution is 2.24. The summed E-state index contributed by atoms with van der Waals surface area (Å²) in [6, 6.07) is 16.2. The molecule has 144 valence electrons. The Labute approximate surface area is 162 Å². The number of hydrogen-bond acceptors (Lipinski definition) is 3. The second-order valence-corrected chi connectivity index (χ2v) is 7.19. The lowest BCUT2D eigenvalue weighted by molar-refractivity contribution is 0.0924. The van der Waals surface area contributed by atoms with Crippen LogP contribution < -0.4 is 10.1 Å². The minimum Gasteiger partial charge on any atom is -0.494 e. The van der Waals surface area contributed by atoms with Gasteiger partial charge in [-0.1, -0.05) is 36.2 Å². The lowest BCUT2D eigenvalue weighted by Gasteiger charge is -2.35. The molecule has 1 unspecified atom stereocenters. The number of ether oxygens (including phenoxy) is 1. The molecule has 2 aromatic rings. The standard InChI is InChI=1S/C23H30N2O2/c1-3-27-21-13-11-20(12-14-21)23(26)24-17-22(25-15-5-4-6-16-25)19-9-7-18(2)8-10-19/h7-14,22H,3-6,15-17H2,1-2H3,(H,24,26). The molecule has 0 saturated carbocycles. The van der Waals surface area contributed by atoms with Crippen LogP contribution in [-0.4, -0.2) is 37.0 Å².